The molecular formula is C21H22BNO2. The first-order valence-corrected chi connectivity index (χ1v) is 8.62. The molecule has 0 spiro atoms. The van der Waals surface area contributed by atoms with Crippen LogP contribution in [-0.4, -0.2) is 21.7 Å². The number of fused-ring (bicyclic) bond motifs is 3. The molecule has 1 heterocycles. The molecule has 4 aromatic rings. The van der Waals surface area contributed by atoms with Crippen LogP contribution >= 0.6 is 0 Å². The fourth-order valence-electron chi connectivity index (χ4n) is 3.01. The van der Waals surface area contributed by atoms with Gasteiger partial charge in [0.25, 0.3) is 0 Å². The Balaban J connectivity index is 0.000000569. The molecule has 3 aromatic carbocycles. The van der Waals surface area contributed by atoms with E-state index < -0.39 is 7.12 Å². The first-order chi connectivity index (χ1) is 12.2. The maximum absolute atomic E-state index is 9.43. The molecule has 0 saturated heterocycles. The molecule has 4 heteroatoms. The largest absolute Gasteiger partial charge is 0.488 e. The molecule has 3 nitrogen and oxygen atoms in total. The molecule has 0 atom stereocenters. The van der Waals surface area contributed by atoms with Crippen molar-refractivity contribution in [2.45, 2.75) is 20.3 Å². The Morgan fingerprint density at radius 1 is 0.760 bits per heavy atom. The Labute approximate surface area is 148 Å². The Bertz CT molecular complexity index is 977. The van der Waals surface area contributed by atoms with Gasteiger partial charge in [-0.05, 0) is 29.7 Å². The predicted molar refractivity (Wildman–Crippen MR) is 107 cm³/mol. The molecule has 0 fully saturated rings. The standard InChI is InChI=1S/C18H14BNO2.C3H8/c21-19(22)13-10-11-18-16(12-13)15-8-4-5-9-17(15)20(18)14-6-2-1-3-7-14;1-3-2/h1-12,21-22H;3H2,1-2H3. The average Bonchev–Trinajstić information content (AvgIpc) is 2.97. The number of nitrogens with zero attached hydrogens (tertiary/aromatic N) is 1. The first kappa shape index (κ1) is 17.3. The van der Waals surface area contributed by atoms with Crippen LogP contribution in [0.1, 0.15) is 20.3 Å². The van der Waals surface area contributed by atoms with Gasteiger partial charge in [0.15, 0.2) is 0 Å². The smallest absolute Gasteiger partial charge is 0.423 e. The molecule has 0 bridgehead atoms. The number of benzene rings is 3. The second kappa shape index (κ2) is 7.56. The maximum atomic E-state index is 9.43. The zero-order valence-electron chi connectivity index (χ0n) is 14.6. The van der Waals surface area contributed by atoms with Gasteiger partial charge in [0.1, 0.15) is 0 Å². The molecule has 0 aliphatic rings. The van der Waals surface area contributed by atoms with Crippen molar-refractivity contribution in [2.75, 3.05) is 0 Å². The fourth-order valence-corrected chi connectivity index (χ4v) is 3.01. The van der Waals surface area contributed by atoms with Gasteiger partial charge < -0.3 is 14.6 Å². The molecule has 25 heavy (non-hydrogen) atoms. The van der Waals surface area contributed by atoms with Crippen LogP contribution < -0.4 is 5.46 Å². The summed E-state index contributed by atoms with van der Waals surface area (Å²) in [7, 11) is -1.46. The van der Waals surface area contributed by atoms with Crippen LogP contribution in [0, 0.1) is 0 Å². The van der Waals surface area contributed by atoms with E-state index >= 15 is 0 Å². The monoisotopic (exact) mass is 331 g/mol. The lowest BCUT2D eigenvalue weighted by atomic mass is 9.80. The topological polar surface area (TPSA) is 45.4 Å². The normalized spacial score (nSPS) is 10.6. The van der Waals surface area contributed by atoms with Gasteiger partial charge in [-0.15, -0.1) is 0 Å². The number of para-hydroxylation sites is 2. The second-order valence-electron chi connectivity index (χ2n) is 6.05. The molecule has 0 radical (unpaired) electrons. The maximum Gasteiger partial charge on any atom is 0.488 e. The predicted octanol–water partition coefficient (Wildman–Crippen LogP) is 3.88. The van der Waals surface area contributed by atoms with Gasteiger partial charge in [0, 0.05) is 16.5 Å². The van der Waals surface area contributed by atoms with Crippen molar-refractivity contribution in [3.8, 4) is 5.69 Å². The number of aromatic nitrogens is 1. The van der Waals surface area contributed by atoms with Crippen molar-refractivity contribution in [2.24, 2.45) is 0 Å². The lowest BCUT2D eigenvalue weighted by Gasteiger charge is -2.07. The van der Waals surface area contributed by atoms with Crippen molar-refractivity contribution >= 4 is 34.4 Å². The van der Waals surface area contributed by atoms with E-state index in [4.69, 9.17) is 0 Å². The summed E-state index contributed by atoms with van der Waals surface area (Å²) in [5, 5.41) is 21.0. The van der Waals surface area contributed by atoms with Gasteiger partial charge in [-0.2, -0.15) is 0 Å². The molecule has 126 valence electrons. The summed E-state index contributed by atoms with van der Waals surface area (Å²) in [5.41, 5.74) is 3.75. The van der Waals surface area contributed by atoms with Crippen LogP contribution in [-0.2, 0) is 0 Å². The molecular weight excluding hydrogens is 309 g/mol. The third-order valence-corrected chi connectivity index (χ3v) is 4.01. The zero-order chi connectivity index (χ0) is 17.8. The Hall–Kier alpha value is -2.56. The van der Waals surface area contributed by atoms with Crippen LogP contribution in [0.15, 0.2) is 72.8 Å². The lowest BCUT2D eigenvalue weighted by molar-refractivity contribution is 0.426. The van der Waals surface area contributed by atoms with E-state index in [-0.39, 0.29) is 0 Å². The molecule has 1 aromatic heterocycles. The highest BCUT2D eigenvalue weighted by Crippen LogP contribution is 2.31. The van der Waals surface area contributed by atoms with E-state index in [1.54, 1.807) is 6.07 Å². The summed E-state index contributed by atoms with van der Waals surface area (Å²) < 4.78 is 2.19. The van der Waals surface area contributed by atoms with Crippen molar-refractivity contribution < 1.29 is 10.0 Å². The average molecular weight is 331 g/mol. The Morgan fingerprint density at radius 2 is 1.36 bits per heavy atom. The van der Waals surface area contributed by atoms with E-state index in [0.29, 0.717) is 5.46 Å². The lowest BCUT2D eigenvalue weighted by Crippen LogP contribution is -2.29. The van der Waals surface area contributed by atoms with E-state index in [0.717, 1.165) is 27.5 Å². The van der Waals surface area contributed by atoms with Gasteiger partial charge in [-0.1, -0.05) is 68.8 Å². The molecule has 4 rings (SSSR count). The second-order valence-corrected chi connectivity index (χ2v) is 6.05. The number of hydrogen-bond donors (Lipinski definition) is 2. The molecule has 0 aliphatic carbocycles. The van der Waals surface area contributed by atoms with E-state index in [9.17, 15) is 10.0 Å². The zero-order valence-corrected chi connectivity index (χ0v) is 14.6. The van der Waals surface area contributed by atoms with Crippen LogP contribution in [0.2, 0.25) is 0 Å². The third kappa shape index (κ3) is 3.32. The van der Waals surface area contributed by atoms with E-state index in [2.05, 4.69) is 42.7 Å². The van der Waals surface area contributed by atoms with Crippen molar-refractivity contribution in [3.05, 3.63) is 72.8 Å². The summed E-state index contributed by atoms with van der Waals surface area (Å²) in [6, 6.07) is 23.9. The highest BCUT2D eigenvalue weighted by Gasteiger charge is 2.16. The third-order valence-electron chi connectivity index (χ3n) is 4.01. The van der Waals surface area contributed by atoms with Gasteiger partial charge in [-0.3, -0.25) is 0 Å². The van der Waals surface area contributed by atoms with Gasteiger partial charge in [0.05, 0.1) is 11.0 Å². The van der Waals surface area contributed by atoms with Gasteiger partial charge in [-0.25, -0.2) is 0 Å². The van der Waals surface area contributed by atoms with Crippen LogP contribution in [0.3, 0.4) is 0 Å². The SMILES string of the molecule is CCC.OB(O)c1ccc2c(c1)c1ccccc1n2-c1ccccc1. The number of hydrogen-bond acceptors (Lipinski definition) is 2. The molecule has 0 aliphatic heterocycles. The fraction of sp³-hybridized carbons (Fsp3) is 0.143. The first-order valence-electron chi connectivity index (χ1n) is 8.62. The van der Waals surface area contributed by atoms with Crippen molar-refractivity contribution in [3.63, 3.8) is 0 Å². The quantitative estimate of drug-likeness (QED) is 0.548. The minimum atomic E-state index is -1.46. The van der Waals surface area contributed by atoms with Crippen LogP contribution in [0.5, 0.6) is 0 Å². The molecule has 0 amide bonds. The Morgan fingerprint density at radius 3 is 2.04 bits per heavy atom. The summed E-state index contributed by atoms with van der Waals surface area (Å²) in [5.74, 6) is 0. The van der Waals surface area contributed by atoms with Gasteiger partial charge in [0.2, 0.25) is 0 Å². The molecule has 0 saturated carbocycles. The summed E-state index contributed by atoms with van der Waals surface area (Å²) >= 11 is 0. The minimum absolute atomic E-state index is 0.503. The van der Waals surface area contributed by atoms with Crippen LogP contribution in [0.25, 0.3) is 27.5 Å². The van der Waals surface area contributed by atoms with Crippen molar-refractivity contribution in [1.29, 1.82) is 0 Å². The molecule has 2 N–H and O–H groups in total. The summed E-state index contributed by atoms with van der Waals surface area (Å²) in [4.78, 5) is 0. The number of rotatable bonds is 2. The molecule has 0 unspecified atom stereocenters. The van der Waals surface area contributed by atoms with E-state index in [1.165, 1.54) is 6.42 Å². The highest BCUT2D eigenvalue weighted by molar-refractivity contribution is 6.59. The summed E-state index contributed by atoms with van der Waals surface area (Å²) in [6.07, 6.45) is 1.25. The van der Waals surface area contributed by atoms with Crippen LogP contribution in [0.4, 0.5) is 0 Å². The summed E-state index contributed by atoms with van der Waals surface area (Å²) in [6.45, 7) is 4.25. The highest BCUT2D eigenvalue weighted by atomic mass is 16.4. The minimum Gasteiger partial charge on any atom is -0.423 e. The Kier molecular flexibility index (Phi) is 5.22. The van der Waals surface area contributed by atoms with E-state index in [1.807, 2.05) is 42.5 Å². The van der Waals surface area contributed by atoms with Crippen molar-refractivity contribution in [1.82, 2.24) is 4.57 Å². The van der Waals surface area contributed by atoms with Gasteiger partial charge >= 0.3 is 7.12 Å².